The SMILES string of the molecule is CC(=O)O.OCC(=NO)c1ccccc1. The Morgan fingerprint density at radius 1 is 1.33 bits per heavy atom. The average molecular weight is 211 g/mol. The van der Waals surface area contributed by atoms with Gasteiger partial charge < -0.3 is 15.4 Å². The molecule has 82 valence electrons. The lowest BCUT2D eigenvalue weighted by Gasteiger charge is -1.98. The molecule has 0 unspecified atom stereocenters. The summed E-state index contributed by atoms with van der Waals surface area (Å²) in [5.74, 6) is -0.833. The predicted molar refractivity (Wildman–Crippen MR) is 55.2 cm³/mol. The van der Waals surface area contributed by atoms with Gasteiger partial charge in [0.25, 0.3) is 5.97 Å². The maximum Gasteiger partial charge on any atom is 0.300 e. The Kier molecular flexibility index (Phi) is 6.57. The number of benzene rings is 1. The number of aliphatic hydroxyl groups is 1. The number of oxime groups is 1. The largest absolute Gasteiger partial charge is 0.481 e. The Labute approximate surface area is 87.3 Å². The summed E-state index contributed by atoms with van der Waals surface area (Å²) >= 11 is 0. The molecule has 0 saturated heterocycles. The Morgan fingerprint density at radius 2 is 1.80 bits per heavy atom. The van der Waals surface area contributed by atoms with E-state index in [9.17, 15) is 0 Å². The van der Waals surface area contributed by atoms with Crippen LogP contribution in [-0.4, -0.2) is 33.7 Å². The fourth-order valence-corrected chi connectivity index (χ4v) is 0.811. The molecule has 5 heteroatoms. The Bertz CT molecular complexity index is 317. The molecule has 0 atom stereocenters. The van der Waals surface area contributed by atoms with Crippen LogP contribution in [0.25, 0.3) is 0 Å². The number of carboxylic acid groups (broad SMARTS) is 1. The first-order valence-electron chi connectivity index (χ1n) is 4.18. The number of aliphatic hydroxyl groups excluding tert-OH is 1. The highest BCUT2D eigenvalue weighted by Gasteiger charge is 1.99. The molecule has 0 spiro atoms. The summed E-state index contributed by atoms with van der Waals surface area (Å²) in [5, 5.41) is 27.5. The van der Waals surface area contributed by atoms with E-state index in [1.54, 1.807) is 12.1 Å². The van der Waals surface area contributed by atoms with Crippen molar-refractivity contribution < 1.29 is 20.2 Å². The summed E-state index contributed by atoms with van der Waals surface area (Å²) in [5.41, 5.74) is 1.02. The van der Waals surface area contributed by atoms with Gasteiger partial charge in [0.15, 0.2) is 0 Å². The molecular weight excluding hydrogens is 198 g/mol. The Balaban J connectivity index is 0.000000423. The van der Waals surface area contributed by atoms with Gasteiger partial charge in [-0.2, -0.15) is 0 Å². The molecule has 1 aromatic rings. The first-order valence-corrected chi connectivity index (χ1v) is 4.18. The molecular formula is C10H13NO4. The topological polar surface area (TPSA) is 90.1 Å². The summed E-state index contributed by atoms with van der Waals surface area (Å²) in [7, 11) is 0. The van der Waals surface area contributed by atoms with Gasteiger partial charge in [-0.15, -0.1) is 0 Å². The third kappa shape index (κ3) is 6.23. The maximum atomic E-state index is 9.00. The van der Waals surface area contributed by atoms with E-state index in [2.05, 4.69) is 5.16 Å². The van der Waals surface area contributed by atoms with E-state index >= 15 is 0 Å². The number of carboxylic acids is 1. The minimum absolute atomic E-state index is 0.249. The van der Waals surface area contributed by atoms with Gasteiger partial charge in [-0.1, -0.05) is 35.5 Å². The minimum atomic E-state index is -0.833. The summed E-state index contributed by atoms with van der Waals surface area (Å²) in [6.45, 7) is 0.834. The summed E-state index contributed by atoms with van der Waals surface area (Å²) in [6, 6.07) is 9.03. The van der Waals surface area contributed by atoms with Crippen molar-refractivity contribution in [1.82, 2.24) is 0 Å². The molecule has 0 fully saturated rings. The van der Waals surface area contributed by atoms with Crippen LogP contribution in [0.5, 0.6) is 0 Å². The Hall–Kier alpha value is -1.88. The van der Waals surface area contributed by atoms with Crippen molar-refractivity contribution in [3.05, 3.63) is 35.9 Å². The van der Waals surface area contributed by atoms with Crippen molar-refractivity contribution in [2.45, 2.75) is 6.92 Å². The van der Waals surface area contributed by atoms with Crippen LogP contribution < -0.4 is 0 Å². The van der Waals surface area contributed by atoms with Crippen LogP contribution in [0, 0.1) is 0 Å². The second-order valence-electron chi connectivity index (χ2n) is 2.59. The summed E-state index contributed by atoms with van der Waals surface area (Å²) in [4.78, 5) is 9.00. The van der Waals surface area contributed by atoms with E-state index in [-0.39, 0.29) is 12.3 Å². The molecule has 0 bridgehead atoms. The highest BCUT2D eigenvalue weighted by Crippen LogP contribution is 1.99. The lowest BCUT2D eigenvalue weighted by atomic mass is 10.1. The zero-order valence-electron chi connectivity index (χ0n) is 8.29. The van der Waals surface area contributed by atoms with Crippen molar-refractivity contribution in [2.75, 3.05) is 6.61 Å². The molecule has 0 aliphatic heterocycles. The molecule has 0 aliphatic carbocycles. The molecule has 0 radical (unpaired) electrons. The highest BCUT2D eigenvalue weighted by atomic mass is 16.4. The van der Waals surface area contributed by atoms with Crippen LogP contribution in [0.15, 0.2) is 35.5 Å². The van der Waals surface area contributed by atoms with E-state index in [4.69, 9.17) is 20.2 Å². The maximum absolute atomic E-state index is 9.00. The van der Waals surface area contributed by atoms with Crippen molar-refractivity contribution >= 4 is 11.7 Å². The highest BCUT2D eigenvalue weighted by molar-refractivity contribution is 6.00. The number of aliphatic carboxylic acids is 1. The van der Waals surface area contributed by atoms with Crippen LogP contribution in [0.2, 0.25) is 0 Å². The fraction of sp³-hybridized carbons (Fsp3) is 0.200. The summed E-state index contributed by atoms with van der Waals surface area (Å²) in [6.07, 6.45) is 0. The van der Waals surface area contributed by atoms with Gasteiger partial charge >= 0.3 is 0 Å². The Morgan fingerprint density at radius 3 is 2.13 bits per heavy atom. The van der Waals surface area contributed by atoms with Crippen LogP contribution >= 0.6 is 0 Å². The van der Waals surface area contributed by atoms with Gasteiger partial charge in [-0.25, -0.2) is 0 Å². The van der Waals surface area contributed by atoms with Gasteiger partial charge in [0.1, 0.15) is 5.71 Å². The zero-order chi connectivity index (χ0) is 11.7. The molecule has 0 aliphatic rings. The van der Waals surface area contributed by atoms with Crippen molar-refractivity contribution in [2.24, 2.45) is 5.16 Å². The standard InChI is InChI=1S/C8H9NO2.C2H4O2/c10-6-8(9-11)7-4-2-1-3-5-7;1-2(3)4/h1-5,10-11H,6H2;1H3,(H,3,4). The van der Waals surface area contributed by atoms with Gasteiger partial charge in [0, 0.05) is 12.5 Å². The van der Waals surface area contributed by atoms with Gasteiger partial charge in [-0.3, -0.25) is 4.79 Å². The number of nitrogens with zero attached hydrogens (tertiary/aromatic N) is 1. The molecule has 15 heavy (non-hydrogen) atoms. The predicted octanol–water partition coefficient (Wildman–Crippen LogP) is 0.948. The van der Waals surface area contributed by atoms with E-state index in [1.165, 1.54) is 0 Å². The van der Waals surface area contributed by atoms with Crippen LogP contribution in [0.3, 0.4) is 0 Å². The van der Waals surface area contributed by atoms with Crippen LogP contribution in [-0.2, 0) is 4.79 Å². The zero-order valence-corrected chi connectivity index (χ0v) is 8.29. The number of hydrogen-bond acceptors (Lipinski definition) is 4. The molecule has 1 rings (SSSR count). The number of rotatable bonds is 2. The number of carbonyl (C=O) groups is 1. The van der Waals surface area contributed by atoms with E-state index < -0.39 is 5.97 Å². The normalized spacial score (nSPS) is 10.1. The molecule has 0 saturated carbocycles. The molecule has 3 N–H and O–H groups in total. The van der Waals surface area contributed by atoms with Crippen molar-refractivity contribution in [3.8, 4) is 0 Å². The molecule has 0 aromatic heterocycles. The van der Waals surface area contributed by atoms with E-state index in [1.807, 2.05) is 18.2 Å². The number of hydrogen-bond donors (Lipinski definition) is 3. The van der Waals surface area contributed by atoms with Gasteiger partial charge in [0.2, 0.25) is 0 Å². The average Bonchev–Trinajstić information content (AvgIpc) is 2.20. The molecule has 1 aromatic carbocycles. The molecule has 5 nitrogen and oxygen atoms in total. The lowest BCUT2D eigenvalue weighted by Crippen LogP contribution is -2.05. The molecule has 0 amide bonds. The second-order valence-corrected chi connectivity index (χ2v) is 2.59. The third-order valence-corrected chi connectivity index (χ3v) is 1.38. The smallest absolute Gasteiger partial charge is 0.300 e. The first kappa shape index (κ1) is 13.1. The second kappa shape index (κ2) is 7.52. The monoisotopic (exact) mass is 211 g/mol. The third-order valence-electron chi connectivity index (χ3n) is 1.38. The lowest BCUT2D eigenvalue weighted by molar-refractivity contribution is -0.134. The van der Waals surface area contributed by atoms with Gasteiger partial charge in [0.05, 0.1) is 6.61 Å². The summed E-state index contributed by atoms with van der Waals surface area (Å²) < 4.78 is 0. The van der Waals surface area contributed by atoms with Crippen molar-refractivity contribution in [1.29, 1.82) is 0 Å². The van der Waals surface area contributed by atoms with Crippen LogP contribution in [0.1, 0.15) is 12.5 Å². The van der Waals surface area contributed by atoms with Crippen molar-refractivity contribution in [3.63, 3.8) is 0 Å². The molecule has 0 heterocycles. The van der Waals surface area contributed by atoms with Gasteiger partial charge in [-0.05, 0) is 0 Å². The van der Waals surface area contributed by atoms with E-state index in [0.717, 1.165) is 12.5 Å². The minimum Gasteiger partial charge on any atom is -0.481 e. The quantitative estimate of drug-likeness (QED) is 0.386. The first-order chi connectivity index (χ1) is 7.11. The van der Waals surface area contributed by atoms with Crippen LogP contribution in [0.4, 0.5) is 0 Å². The van der Waals surface area contributed by atoms with E-state index in [0.29, 0.717) is 0 Å². The fourth-order valence-electron chi connectivity index (χ4n) is 0.811.